The van der Waals surface area contributed by atoms with Gasteiger partial charge in [0.25, 0.3) is 0 Å². The lowest BCUT2D eigenvalue weighted by Gasteiger charge is -2.08. The first-order chi connectivity index (χ1) is 7.66. The van der Waals surface area contributed by atoms with Crippen molar-refractivity contribution in [2.45, 2.75) is 33.6 Å². The summed E-state index contributed by atoms with van der Waals surface area (Å²) in [4.78, 5) is 0. The van der Waals surface area contributed by atoms with E-state index in [-0.39, 0.29) is 0 Å². The summed E-state index contributed by atoms with van der Waals surface area (Å²) >= 11 is 0. The summed E-state index contributed by atoms with van der Waals surface area (Å²) in [7, 11) is 0. The fraction of sp³-hybridized carbons (Fsp3) is 0.500. The minimum Gasteiger partial charge on any atom is -0.411 e. The first-order valence-electron chi connectivity index (χ1n) is 5.99. The number of hydrogen-bond acceptors (Lipinski definition) is 1. The Labute approximate surface area is 97.6 Å². The van der Waals surface area contributed by atoms with E-state index < -0.39 is 0 Å². The molecule has 1 aliphatic rings. The second-order valence-electron chi connectivity index (χ2n) is 4.69. The second kappa shape index (κ2) is 4.69. The molecule has 1 aromatic rings. The molecule has 1 heterocycles. The van der Waals surface area contributed by atoms with Gasteiger partial charge in [0.1, 0.15) is 18.8 Å². The summed E-state index contributed by atoms with van der Waals surface area (Å²) in [6, 6.07) is 4.33. The Morgan fingerprint density at radius 1 is 1.06 bits per heavy atom. The average Bonchev–Trinajstić information content (AvgIpc) is 2.68. The highest BCUT2D eigenvalue weighted by atomic mass is 16.5. The normalized spacial score (nSPS) is 15.3. The Morgan fingerprint density at radius 2 is 1.62 bits per heavy atom. The zero-order valence-electron chi connectivity index (χ0n) is 10.4. The van der Waals surface area contributed by atoms with Crippen LogP contribution in [0.3, 0.4) is 0 Å². The molecule has 1 aliphatic heterocycles. The molecule has 0 unspecified atom stereocenters. The number of nitrogens with zero attached hydrogens (tertiary/aromatic N) is 1. The highest BCUT2D eigenvalue weighted by Gasteiger charge is 2.13. The zero-order valence-corrected chi connectivity index (χ0v) is 10.4. The Hall–Kier alpha value is -1.31. The third kappa shape index (κ3) is 2.43. The van der Waals surface area contributed by atoms with E-state index in [2.05, 4.69) is 37.5 Å². The van der Waals surface area contributed by atoms with E-state index in [1.807, 2.05) is 6.40 Å². The van der Waals surface area contributed by atoms with Gasteiger partial charge >= 0.3 is 6.40 Å². The largest absolute Gasteiger partial charge is 0.411 e. The lowest BCUT2D eigenvalue weighted by atomic mass is 10.1. The van der Waals surface area contributed by atoms with E-state index in [1.54, 1.807) is 0 Å². The third-order valence-corrected chi connectivity index (χ3v) is 3.06. The molecule has 0 bridgehead atoms. The summed E-state index contributed by atoms with van der Waals surface area (Å²) in [6.45, 7) is 8.59. The number of rotatable bonds is 2. The molecule has 2 nitrogen and oxygen atoms in total. The zero-order chi connectivity index (χ0) is 11.5. The minimum absolute atomic E-state index is 1.01. The van der Waals surface area contributed by atoms with Crippen LogP contribution in [0.1, 0.15) is 29.5 Å². The molecule has 0 aliphatic carbocycles. The van der Waals surface area contributed by atoms with Crippen LogP contribution in [0.2, 0.25) is 0 Å². The highest BCUT2D eigenvalue weighted by molar-refractivity contribution is 5.52. The topological polar surface area (TPSA) is 12.2 Å². The molecule has 2 heteroatoms. The van der Waals surface area contributed by atoms with Crippen LogP contribution in [-0.4, -0.2) is 24.1 Å². The van der Waals surface area contributed by atoms with Gasteiger partial charge < -0.3 is 4.74 Å². The highest BCUT2D eigenvalue weighted by Crippen LogP contribution is 2.23. The summed E-state index contributed by atoms with van der Waals surface area (Å²) in [5.41, 5.74) is 3.73. The maximum absolute atomic E-state index is 5.81. The molecule has 86 valence electrons. The molecule has 0 spiro atoms. The van der Waals surface area contributed by atoms with Crippen LogP contribution in [-0.2, 0) is 0 Å². The molecular formula is C14H20NO+. The third-order valence-electron chi connectivity index (χ3n) is 3.06. The number of benzene rings is 1. The van der Waals surface area contributed by atoms with Crippen molar-refractivity contribution in [2.24, 2.45) is 0 Å². The standard InChI is InChI=1S/C14H20NO/c1-11-8-12(2)14(13(3)9-11)16-10-15-6-4-5-7-15/h8-10H,4-7H2,1-3H3/q+1. The van der Waals surface area contributed by atoms with E-state index in [0.29, 0.717) is 0 Å². The molecule has 0 radical (unpaired) electrons. The van der Waals surface area contributed by atoms with Gasteiger partial charge in [0.05, 0.1) is 0 Å². The van der Waals surface area contributed by atoms with Gasteiger partial charge in [0, 0.05) is 12.8 Å². The molecule has 0 aromatic heterocycles. The van der Waals surface area contributed by atoms with Gasteiger partial charge in [-0.15, -0.1) is 0 Å². The maximum atomic E-state index is 5.81. The van der Waals surface area contributed by atoms with Crippen molar-refractivity contribution in [3.63, 3.8) is 0 Å². The van der Waals surface area contributed by atoms with E-state index in [1.165, 1.54) is 29.5 Å². The first-order valence-corrected chi connectivity index (χ1v) is 5.99. The van der Waals surface area contributed by atoms with Gasteiger partial charge in [-0.05, 0) is 31.9 Å². The van der Waals surface area contributed by atoms with Crippen LogP contribution in [0.25, 0.3) is 0 Å². The maximum Gasteiger partial charge on any atom is 0.329 e. The van der Waals surface area contributed by atoms with Gasteiger partial charge in [0.15, 0.2) is 0 Å². The lowest BCUT2D eigenvalue weighted by Crippen LogP contribution is -2.12. The molecule has 1 aromatic carbocycles. The Bertz CT molecular complexity index is 390. The summed E-state index contributed by atoms with van der Waals surface area (Å²) in [5, 5.41) is 0. The number of hydrogen-bond donors (Lipinski definition) is 0. The van der Waals surface area contributed by atoms with Gasteiger partial charge in [-0.3, -0.25) is 0 Å². The van der Waals surface area contributed by atoms with Crippen LogP contribution in [0, 0.1) is 20.8 Å². The molecule has 0 atom stereocenters. The summed E-state index contributed by atoms with van der Waals surface area (Å²) < 4.78 is 8.06. The SMILES string of the molecule is Cc1cc(C)c(OC=[N+]2CCCC2)c(C)c1. The number of ether oxygens (including phenoxy) is 1. The first kappa shape index (κ1) is 11.2. The van der Waals surface area contributed by atoms with Crippen LogP contribution in [0.15, 0.2) is 12.1 Å². The molecule has 0 saturated carbocycles. The van der Waals surface area contributed by atoms with E-state index >= 15 is 0 Å². The summed E-state index contributed by atoms with van der Waals surface area (Å²) in [6.07, 6.45) is 4.45. The molecule has 0 N–H and O–H groups in total. The van der Waals surface area contributed by atoms with Gasteiger partial charge in [-0.2, -0.15) is 0 Å². The van der Waals surface area contributed by atoms with Gasteiger partial charge in [0.2, 0.25) is 0 Å². The van der Waals surface area contributed by atoms with Gasteiger partial charge in [-0.25, -0.2) is 4.58 Å². The van der Waals surface area contributed by atoms with E-state index in [4.69, 9.17) is 4.74 Å². The van der Waals surface area contributed by atoms with Crippen molar-refractivity contribution in [3.8, 4) is 5.75 Å². The van der Waals surface area contributed by atoms with Crippen LogP contribution in [0.4, 0.5) is 0 Å². The molecule has 16 heavy (non-hydrogen) atoms. The predicted octanol–water partition coefficient (Wildman–Crippen LogP) is 2.83. The average molecular weight is 218 g/mol. The van der Waals surface area contributed by atoms with Crippen LogP contribution in [0.5, 0.6) is 5.75 Å². The Kier molecular flexibility index (Phi) is 3.28. The monoisotopic (exact) mass is 218 g/mol. The fourth-order valence-electron chi connectivity index (χ4n) is 2.33. The van der Waals surface area contributed by atoms with Gasteiger partial charge in [-0.1, -0.05) is 17.7 Å². The molecule has 1 fully saturated rings. The molecule has 0 amide bonds. The summed E-state index contributed by atoms with van der Waals surface area (Å²) in [5.74, 6) is 1.01. The molecular weight excluding hydrogens is 198 g/mol. The van der Waals surface area contributed by atoms with Crippen LogP contribution < -0.4 is 4.74 Å². The predicted molar refractivity (Wildman–Crippen MR) is 66.6 cm³/mol. The van der Waals surface area contributed by atoms with Crippen molar-refractivity contribution in [1.82, 2.24) is 0 Å². The fourth-order valence-corrected chi connectivity index (χ4v) is 2.33. The van der Waals surface area contributed by atoms with Crippen molar-refractivity contribution in [1.29, 1.82) is 0 Å². The molecule has 1 saturated heterocycles. The van der Waals surface area contributed by atoms with E-state index in [9.17, 15) is 0 Å². The lowest BCUT2D eigenvalue weighted by molar-refractivity contribution is -0.507. The minimum atomic E-state index is 1.01. The van der Waals surface area contributed by atoms with Crippen molar-refractivity contribution < 1.29 is 9.31 Å². The Balaban J connectivity index is 2.17. The smallest absolute Gasteiger partial charge is 0.329 e. The number of aryl methyl sites for hydroxylation is 3. The van der Waals surface area contributed by atoms with Crippen LogP contribution >= 0.6 is 0 Å². The van der Waals surface area contributed by atoms with E-state index in [0.717, 1.165) is 18.8 Å². The van der Waals surface area contributed by atoms with Crippen molar-refractivity contribution in [3.05, 3.63) is 28.8 Å². The quantitative estimate of drug-likeness (QED) is 0.549. The van der Waals surface area contributed by atoms with Crippen molar-refractivity contribution >= 4 is 6.40 Å². The Morgan fingerprint density at radius 3 is 2.19 bits per heavy atom. The second-order valence-corrected chi connectivity index (χ2v) is 4.69. The van der Waals surface area contributed by atoms with Crippen molar-refractivity contribution in [2.75, 3.05) is 13.1 Å². The molecule has 2 rings (SSSR count).